The Bertz CT molecular complexity index is 1210. The molecule has 0 spiro atoms. The Labute approximate surface area is 216 Å². The monoisotopic (exact) mass is 556 g/mol. The third-order valence-corrected chi connectivity index (χ3v) is 6.66. The van der Waals surface area contributed by atoms with Gasteiger partial charge in [0.2, 0.25) is 5.17 Å². The highest BCUT2D eigenvalue weighted by molar-refractivity contribution is 9.10. The second-order valence-corrected chi connectivity index (χ2v) is 9.63. The van der Waals surface area contributed by atoms with E-state index in [4.69, 9.17) is 19.6 Å². The molecule has 2 aromatic carbocycles. The smallest absolute Gasteiger partial charge is 0.283 e. The molecule has 0 saturated carbocycles. The van der Waals surface area contributed by atoms with E-state index in [2.05, 4.69) is 32.9 Å². The number of rotatable bonds is 10. The predicted molar refractivity (Wildman–Crippen MR) is 143 cm³/mol. The maximum absolute atomic E-state index is 12.6. The topological polar surface area (TPSA) is 96.6 Å². The molecular formula is C25H25BrN4O4S. The molecule has 35 heavy (non-hydrogen) atoms. The number of nitrogens with zero attached hydrogens (tertiary/aromatic N) is 3. The molecule has 0 fully saturated rings. The average molecular weight is 557 g/mol. The molecule has 2 aliphatic heterocycles. The highest BCUT2D eigenvalue weighted by Crippen LogP contribution is 2.32. The minimum atomic E-state index is -0.454. The summed E-state index contributed by atoms with van der Waals surface area (Å²) in [5.41, 5.74) is 0.863. The fraction of sp³-hybridized carbons (Fsp3) is 0.280. The number of benzene rings is 2. The highest BCUT2D eigenvalue weighted by Gasteiger charge is 2.35. The Morgan fingerprint density at radius 1 is 1.11 bits per heavy atom. The standard InChI is InChI=1S/C25H25BrN4O4S/c1-3-4-5-22-29-30-23(27)19(24(31)28-25(30)35-22)14-16-6-11-20(21(15-16)32-2)34-13-12-33-18-9-7-17(26)8-10-18/h6-11,14-15,27H,3-5,12-13H2,1-2H3. The molecular weight excluding hydrogens is 532 g/mol. The van der Waals surface area contributed by atoms with Gasteiger partial charge in [0.15, 0.2) is 17.3 Å². The van der Waals surface area contributed by atoms with E-state index in [0.717, 1.165) is 34.5 Å². The van der Waals surface area contributed by atoms with Crippen LogP contribution in [-0.4, -0.2) is 47.3 Å². The number of hydrogen-bond donors (Lipinski definition) is 1. The number of fused-ring (bicyclic) bond motifs is 1. The van der Waals surface area contributed by atoms with Gasteiger partial charge in [-0.05, 0) is 72.6 Å². The summed E-state index contributed by atoms with van der Waals surface area (Å²) in [6.07, 6.45) is 4.48. The van der Waals surface area contributed by atoms with Gasteiger partial charge in [-0.2, -0.15) is 15.1 Å². The molecule has 0 aromatic heterocycles. The van der Waals surface area contributed by atoms with Crippen LogP contribution < -0.4 is 14.2 Å². The van der Waals surface area contributed by atoms with E-state index in [1.807, 2.05) is 24.3 Å². The first-order chi connectivity index (χ1) is 17.0. The third-order valence-electron chi connectivity index (χ3n) is 5.16. The summed E-state index contributed by atoms with van der Waals surface area (Å²) < 4.78 is 18.0. The van der Waals surface area contributed by atoms with Crippen molar-refractivity contribution in [1.29, 1.82) is 5.41 Å². The number of carbonyl (C=O) groups excluding carboxylic acids is 1. The van der Waals surface area contributed by atoms with Crippen molar-refractivity contribution in [2.45, 2.75) is 26.2 Å². The number of hydrazone groups is 1. The lowest BCUT2D eigenvalue weighted by Gasteiger charge is -2.20. The molecule has 1 amide bonds. The van der Waals surface area contributed by atoms with Gasteiger partial charge in [-0.15, -0.1) is 0 Å². The summed E-state index contributed by atoms with van der Waals surface area (Å²) in [6.45, 7) is 2.81. The first-order valence-corrected chi connectivity index (χ1v) is 12.8. The van der Waals surface area contributed by atoms with Crippen LogP contribution in [0.15, 0.2) is 62.6 Å². The third kappa shape index (κ3) is 6.12. The number of methoxy groups -OCH3 is 1. The van der Waals surface area contributed by atoms with Gasteiger partial charge < -0.3 is 14.2 Å². The van der Waals surface area contributed by atoms with Gasteiger partial charge in [-0.1, -0.05) is 35.3 Å². The first kappa shape index (κ1) is 25.0. The van der Waals surface area contributed by atoms with E-state index in [1.54, 1.807) is 31.4 Å². The van der Waals surface area contributed by atoms with Crippen LogP contribution in [0.2, 0.25) is 0 Å². The molecule has 8 nitrogen and oxygen atoms in total. The second-order valence-electron chi connectivity index (χ2n) is 7.68. The number of unbranched alkanes of at least 4 members (excludes halogenated alkanes) is 1. The molecule has 0 saturated heterocycles. The maximum atomic E-state index is 12.6. The molecule has 182 valence electrons. The lowest BCUT2D eigenvalue weighted by Crippen LogP contribution is -2.35. The van der Waals surface area contributed by atoms with Crippen LogP contribution in [0, 0.1) is 5.41 Å². The van der Waals surface area contributed by atoms with Gasteiger partial charge in [0, 0.05) is 4.47 Å². The van der Waals surface area contributed by atoms with Gasteiger partial charge in [-0.25, -0.2) is 0 Å². The Hall–Kier alpha value is -3.11. The molecule has 0 radical (unpaired) electrons. The molecule has 0 bridgehead atoms. The maximum Gasteiger partial charge on any atom is 0.283 e. The van der Waals surface area contributed by atoms with Gasteiger partial charge in [0.25, 0.3) is 5.91 Å². The second kappa shape index (κ2) is 11.5. The van der Waals surface area contributed by atoms with Crippen LogP contribution >= 0.6 is 27.7 Å². The summed E-state index contributed by atoms with van der Waals surface area (Å²) in [5.74, 6) is 1.39. The molecule has 4 rings (SSSR count). The number of hydrogen-bond acceptors (Lipinski definition) is 7. The van der Waals surface area contributed by atoms with E-state index >= 15 is 0 Å². The van der Waals surface area contributed by atoms with Crippen LogP contribution in [0.1, 0.15) is 31.7 Å². The Balaban J connectivity index is 1.42. The van der Waals surface area contributed by atoms with Crippen molar-refractivity contribution >= 4 is 55.7 Å². The first-order valence-electron chi connectivity index (χ1n) is 11.2. The largest absolute Gasteiger partial charge is 0.493 e. The summed E-state index contributed by atoms with van der Waals surface area (Å²) in [7, 11) is 1.55. The van der Waals surface area contributed by atoms with Crippen molar-refractivity contribution in [2.75, 3.05) is 20.3 Å². The minimum absolute atomic E-state index is 0.0170. The highest BCUT2D eigenvalue weighted by atomic mass is 79.9. The van der Waals surface area contributed by atoms with Gasteiger partial charge in [0.1, 0.15) is 24.0 Å². The summed E-state index contributed by atoms with van der Waals surface area (Å²) >= 11 is 4.75. The van der Waals surface area contributed by atoms with E-state index in [1.165, 1.54) is 16.8 Å². The molecule has 2 aromatic rings. The van der Waals surface area contributed by atoms with E-state index < -0.39 is 5.91 Å². The van der Waals surface area contributed by atoms with E-state index in [-0.39, 0.29) is 11.4 Å². The summed E-state index contributed by atoms with van der Waals surface area (Å²) in [5, 5.41) is 15.7. The summed E-state index contributed by atoms with van der Waals surface area (Å²) in [6, 6.07) is 12.9. The van der Waals surface area contributed by atoms with Crippen molar-refractivity contribution in [3.8, 4) is 17.2 Å². The van der Waals surface area contributed by atoms with Crippen LogP contribution in [0.3, 0.4) is 0 Å². The summed E-state index contributed by atoms with van der Waals surface area (Å²) in [4.78, 5) is 16.8. The van der Waals surface area contributed by atoms with Crippen LogP contribution in [-0.2, 0) is 4.79 Å². The molecule has 10 heteroatoms. The lowest BCUT2D eigenvalue weighted by atomic mass is 10.1. The normalized spacial score (nSPS) is 16.2. The lowest BCUT2D eigenvalue weighted by molar-refractivity contribution is -0.114. The van der Waals surface area contributed by atoms with Crippen molar-refractivity contribution in [3.05, 3.63) is 58.1 Å². The number of halogens is 1. The SMILES string of the molecule is CCCCC1=NN2C(=N)C(=Cc3ccc(OCCOc4ccc(Br)cc4)c(OC)c3)C(=O)N=C2S1. The number of amides is 1. The van der Waals surface area contributed by atoms with Crippen molar-refractivity contribution in [1.82, 2.24) is 5.01 Å². The van der Waals surface area contributed by atoms with Crippen molar-refractivity contribution in [2.24, 2.45) is 10.1 Å². The molecule has 0 unspecified atom stereocenters. The number of amidine groups is 2. The molecule has 2 heterocycles. The Morgan fingerprint density at radius 2 is 1.89 bits per heavy atom. The number of aliphatic imine (C=N–C) groups is 1. The number of thioether (sulfide) groups is 1. The predicted octanol–water partition coefficient (Wildman–Crippen LogP) is 5.72. The fourth-order valence-electron chi connectivity index (χ4n) is 3.36. The molecule has 1 N–H and O–H groups in total. The Kier molecular flexibility index (Phi) is 8.25. The fourth-order valence-corrected chi connectivity index (χ4v) is 4.55. The number of carbonyl (C=O) groups is 1. The minimum Gasteiger partial charge on any atom is -0.493 e. The average Bonchev–Trinajstić information content (AvgIpc) is 3.27. The van der Waals surface area contributed by atoms with E-state index in [0.29, 0.717) is 35.4 Å². The van der Waals surface area contributed by atoms with E-state index in [9.17, 15) is 4.79 Å². The Morgan fingerprint density at radius 3 is 2.63 bits per heavy atom. The van der Waals surface area contributed by atoms with Gasteiger partial charge >= 0.3 is 0 Å². The number of nitrogens with one attached hydrogen (secondary N) is 1. The van der Waals surface area contributed by atoms with Gasteiger partial charge in [-0.3, -0.25) is 10.2 Å². The van der Waals surface area contributed by atoms with Crippen LogP contribution in [0.4, 0.5) is 0 Å². The quantitative estimate of drug-likeness (QED) is 0.296. The number of ether oxygens (including phenoxy) is 3. The van der Waals surface area contributed by atoms with Crippen molar-refractivity contribution < 1.29 is 19.0 Å². The van der Waals surface area contributed by atoms with Gasteiger partial charge in [0.05, 0.1) is 12.7 Å². The molecule has 0 aliphatic carbocycles. The zero-order valence-corrected chi connectivity index (χ0v) is 21.8. The molecule has 0 atom stereocenters. The van der Waals surface area contributed by atoms with Crippen molar-refractivity contribution in [3.63, 3.8) is 0 Å². The van der Waals surface area contributed by atoms with Crippen LogP contribution in [0.25, 0.3) is 6.08 Å². The van der Waals surface area contributed by atoms with Crippen LogP contribution in [0.5, 0.6) is 17.2 Å². The zero-order chi connectivity index (χ0) is 24.8. The molecule has 2 aliphatic rings. The zero-order valence-electron chi connectivity index (χ0n) is 19.4.